The van der Waals surface area contributed by atoms with Gasteiger partial charge in [-0.1, -0.05) is 6.92 Å². The second kappa shape index (κ2) is 6.57. The number of carbonyl (C=O) groups is 1. The van der Waals surface area contributed by atoms with Crippen molar-refractivity contribution < 1.29 is 18.0 Å². The summed E-state index contributed by atoms with van der Waals surface area (Å²) in [6, 6.07) is -0.671. The first-order valence-electron chi connectivity index (χ1n) is 10.4. The highest BCUT2D eigenvalue weighted by Crippen LogP contribution is 2.54. The molecule has 0 spiro atoms. The maximum absolute atomic E-state index is 13.8. The molecule has 2 aliphatic heterocycles. The van der Waals surface area contributed by atoms with Crippen molar-refractivity contribution in [3.63, 3.8) is 0 Å². The molecule has 1 aliphatic carbocycles. The molecule has 0 radical (unpaired) electrons. The fourth-order valence-corrected chi connectivity index (χ4v) is 4.58. The Labute approximate surface area is 175 Å². The van der Waals surface area contributed by atoms with E-state index in [1.165, 1.54) is 11.0 Å². The summed E-state index contributed by atoms with van der Waals surface area (Å²) in [7, 11) is 0. The Morgan fingerprint density at radius 3 is 2.74 bits per heavy atom. The third kappa shape index (κ3) is 3.39. The molecule has 0 bridgehead atoms. The van der Waals surface area contributed by atoms with Crippen molar-refractivity contribution in [3.8, 4) is 0 Å². The number of hydrogen-bond donors (Lipinski definition) is 2. The summed E-state index contributed by atoms with van der Waals surface area (Å²) in [5.41, 5.74) is 0.638. The highest BCUT2D eigenvalue weighted by molar-refractivity contribution is 5.93. The number of rotatable bonds is 2. The highest BCUT2D eigenvalue weighted by Gasteiger charge is 2.53. The SMILES string of the molecule is Cc1nc2c(c(=O)[nH]1)CCN(C(=O)c1cc3n(n1)[C@@H](C(F)(F)F)C[C@H](C1(C)CC1)N3)C2. The standard InChI is InChI=1S/C20H23F3N6O2/c1-10-24-13-9-28(6-3-11(13)17(30)25-10)18(31)12-7-16-26-14(19(2)4-5-19)8-15(20(21,22)23)29(16)27-12/h7,14-15,26H,3-6,8-9H2,1-2H3,(H,24,25,30)/t14-,15-/m1/s1. The maximum Gasteiger partial charge on any atom is 0.410 e. The number of nitrogens with zero attached hydrogens (tertiary/aromatic N) is 4. The average Bonchev–Trinajstić information content (AvgIpc) is 3.30. The highest BCUT2D eigenvalue weighted by atomic mass is 19.4. The molecule has 1 fully saturated rings. The number of H-pyrrole nitrogens is 1. The van der Waals surface area contributed by atoms with Gasteiger partial charge in [-0.25, -0.2) is 9.67 Å². The van der Waals surface area contributed by atoms with Crippen LogP contribution in [-0.4, -0.2) is 49.3 Å². The van der Waals surface area contributed by atoms with E-state index in [0.29, 0.717) is 23.5 Å². The molecule has 0 unspecified atom stereocenters. The fraction of sp³-hybridized carbons (Fsp3) is 0.600. The number of aromatic amines is 1. The maximum atomic E-state index is 13.8. The average molecular weight is 436 g/mol. The first-order chi connectivity index (χ1) is 14.5. The summed E-state index contributed by atoms with van der Waals surface area (Å²) in [5, 5.41) is 7.24. The van der Waals surface area contributed by atoms with E-state index in [2.05, 4.69) is 20.4 Å². The van der Waals surface area contributed by atoms with Gasteiger partial charge in [-0.3, -0.25) is 9.59 Å². The van der Waals surface area contributed by atoms with E-state index in [9.17, 15) is 22.8 Å². The van der Waals surface area contributed by atoms with Crippen LogP contribution in [0.5, 0.6) is 0 Å². The normalized spacial score (nSPS) is 24.2. The number of nitrogens with one attached hydrogen (secondary N) is 2. The number of fused-ring (bicyclic) bond motifs is 2. The molecule has 31 heavy (non-hydrogen) atoms. The largest absolute Gasteiger partial charge is 0.410 e. The summed E-state index contributed by atoms with van der Waals surface area (Å²) in [4.78, 5) is 33.6. The van der Waals surface area contributed by atoms with Gasteiger partial charge in [-0.15, -0.1) is 0 Å². The molecule has 8 nitrogen and oxygen atoms in total. The lowest BCUT2D eigenvalue weighted by Crippen LogP contribution is -2.42. The molecule has 11 heteroatoms. The van der Waals surface area contributed by atoms with Crippen LogP contribution in [0.1, 0.15) is 59.8 Å². The lowest BCUT2D eigenvalue weighted by molar-refractivity contribution is -0.174. The van der Waals surface area contributed by atoms with E-state index in [1.807, 2.05) is 6.92 Å². The van der Waals surface area contributed by atoms with Crippen LogP contribution < -0.4 is 10.9 Å². The van der Waals surface area contributed by atoms with E-state index in [0.717, 1.165) is 17.5 Å². The lowest BCUT2D eigenvalue weighted by atomic mass is 9.90. The van der Waals surface area contributed by atoms with Crippen LogP contribution in [-0.2, 0) is 13.0 Å². The number of carbonyl (C=O) groups excluding carboxylic acids is 1. The predicted octanol–water partition coefficient (Wildman–Crippen LogP) is 2.56. The second-order valence-corrected chi connectivity index (χ2v) is 9.06. The molecule has 2 N–H and O–H groups in total. The molecule has 0 saturated heterocycles. The second-order valence-electron chi connectivity index (χ2n) is 9.06. The number of aryl methyl sites for hydroxylation is 1. The molecule has 3 aliphatic rings. The van der Waals surface area contributed by atoms with Crippen LogP contribution in [0.2, 0.25) is 0 Å². The van der Waals surface area contributed by atoms with Crippen molar-refractivity contribution >= 4 is 11.7 Å². The molecule has 4 heterocycles. The topological polar surface area (TPSA) is 95.9 Å². The van der Waals surface area contributed by atoms with E-state index < -0.39 is 18.1 Å². The van der Waals surface area contributed by atoms with Crippen molar-refractivity contribution in [2.75, 3.05) is 11.9 Å². The van der Waals surface area contributed by atoms with Gasteiger partial charge in [0.1, 0.15) is 11.6 Å². The van der Waals surface area contributed by atoms with Crippen LogP contribution in [0, 0.1) is 12.3 Å². The van der Waals surface area contributed by atoms with Crippen molar-refractivity contribution in [2.24, 2.45) is 5.41 Å². The summed E-state index contributed by atoms with van der Waals surface area (Å²) in [6.07, 6.45) is -2.46. The third-order valence-electron chi connectivity index (χ3n) is 6.77. The minimum Gasteiger partial charge on any atom is -0.367 e. The number of hydrogen-bond acceptors (Lipinski definition) is 5. The van der Waals surface area contributed by atoms with Gasteiger partial charge in [0.25, 0.3) is 11.5 Å². The smallest absolute Gasteiger partial charge is 0.367 e. The molecule has 0 aromatic carbocycles. The quantitative estimate of drug-likeness (QED) is 0.755. The zero-order valence-corrected chi connectivity index (χ0v) is 17.2. The molecule has 2 atom stereocenters. The molecule has 166 valence electrons. The molecule has 1 amide bonds. The van der Waals surface area contributed by atoms with Gasteiger partial charge in [0, 0.05) is 24.2 Å². The summed E-state index contributed by atoms with van der Waals surface area (Å²) < 4.78 is 42.3. The van der Waals surface area contributed by atoms with Gasteiger partial charge in [-0.2, -0.15) is 18.3 Å². The number of aromatic nitrogens is 4. The summed E-state index contributed by atoms with van der Waals surface area (Å²) >= 11 is 0. The van der Waals surface area contributed by atoms with Crippen molar-refractivity contribution in [3.05, 3.63) is 39.2 Å². The van der Waals surface area contributed by atoms with E-state index >= 15 is 0 Å². The van der Waals surface area contributed by atoms with Gasteiger partial charge in [0.2, 0.25) is 0 Å². The van der Waals surface area contributed by atoms with Crippen LogP contribution in [0.15, 0.2) is 10.9 Å². The molecular weight excluding hydrogens is 413 g/mol. The number of halogens is 3. The predicted molar refractivity (Wildman–Crippen MR) is 105 cm³/mol. The van der Waals surface area contributed by atoms with E-state index in [4.69, 9.17) is 0 Å². The Hall–Kier alpha value is -2.85. The Morgan fingerprint density at radius 2 is 2.06 bits per heavy atom. The lowest BCUT2D eigenvalue weighted by Gasteiger charge is -2.36. The molecule has 2 aromatic heterocycles. The van der Waals surface area contributed by atoms with Crippen molar-refractivity contribution in [2.45, 2.75) is 64.3 Å². The molecular formula is C20H23F3N6O2. The minimum absolute atomic E-state index is 0.0386. The van der Waals surface area contributed by atoms with Crippen LogP contribution in [0.25, 0.3) is 0 Å². The first-order valence-corrected chi connectivity index (χ1v) is 10.4. The van der Waals surface area contributed by atoms with E-state index in [1.54, 1.807) is 6.92 Å². The molecule has 5 rings (SSSR count). The number of alkyl halides is 3. The molecule has 2 aromatic rings. The van der Waals surface area contributed by atoms with Gasteiger partial charge in [0.15, 0.2) is 11.7 Å². The molecule has 1 saturated carbocycles. The van der Waals surface area contributed by atoms with Gasteiger partial charge in [0.05, 0.1) is 12.2 Å². The zero-order valence-electron chi connectivity index (χ0n) is 17.2. The number of amides is 1. The van der Waals surface area contributed by atoms with Crippen LogP contribution in [0.4, 0.5) is 19.0 Å². The Balaban J connectivity index is 1.44. The minimum atomic E-state index is -4.46. The third-order valence-corrected chi connectivity index (χ3v) is 6.77. The van der Waals surface area contributed by atoms with Crippen molar-refractivity contribution in [1.82, 2.24) is 24.6 Å². The number of anilines is 1. The fourth-order valence-electron chi connectivity index (χ4n) is 4.58. The van der Waals surface area contributed by atoms with Crippen LogP contribution in [0.3, 0.4) is 0 Å². The van der Waals surface area contributed by atoms with Gasteiger partial charge < -0.3 is 15.2 Å². The van der Waals surface area contributed by atoms with Gasteiger partial charge >= 0.3 is 6.18 Å². The van der Waals surface area contributed by atoms with Gasteiger partial charge in [-0.05, 0) is 38.0 Å². The summed E-state index contributed by atoms with van der Waals surface area (Å²) in [6.45, 7) is 4.04. The first kappa shape index (κ1) is 20.1. The summed E-state index contributed by atoms with van der Waals surface area (Å²) in [5.74, 6) is 0.203. The zero-order chi connectivity index (χ0) is 22.1. The monoisotopic (exact) mass is 436 g/mol. The van der Waals surface area contributed by atoms with Crippen LogP contribution >= 0.6 is 0 Å². The Bertz CT molecular complexity index is 1120. The van der Waals surface area contributed by atoms with E-state index in [-0.39, 0.29) is 48.0 Å². The Kier molecular flexibility index (Phi) is 4.26. The van der Waals surface area contributed by atoms with Crippen molar-refractivity contribution in [1.29, 1.82) is 0 Å². The Morgan fingerprint density at radius 1 is 1.32 bits per heavy atom.